The molecule has 7 nitrogen and oxygen atoms in total. The molecule has 1 aliphatic heterocycles. The molecule has 1 heterocycles. The van der Waals surface area contributed by atoms with Crippen molar-refractivity contribution < 1.29 is 29.0 Å². The van der Waals surface area contributed by atoms with Gasteiger partial charge in [-0.05, 0) is 11.3 Å². The molecule has 0 aromatic carbocycles. The third-order valence-corrected chi connectivity index (χ3v) is 4.21. The van der Waals surface area contributed by atoms with Crippen LogP contribution in [-0.2, 0) is 23.9 Å². The molecule has 0 radical (unpaired) electrons. The van der Waals surface area contributed by atoms with Gasteiger partial charge in [-0.15, -0.1) is 0 Å². The van der Waals surface area contributed by atoms with E-state index >= 15 is 0 Å². The van der Waals surface area contributed by atoms with Crippen LogP contribution < -0.4 is 0 Å². The minimum absolute atomic E-state index is 0.0688. The first-order chi connectivity index (χ1) is 9.16. The van der Waals surface area contributed by atoms with Gasteiger partial charge in [-0.2, -0.15) is 0 Å². The van der Waals surface area contributed by atoms with Gasteiger partial charge in [0.1, 0.15) is 0 Å². The highest BCUT2D eigenvalue weighted by Gasteiger charge is 2.63. The molecular formula is C13H17NO6. The number of esters is 1. The highest BCUT2D eigenvalue weighted by Crippen LogP contribution is 2.58. The molecule has 1 N–H and O–H groups in total. The number of carbonyl (C=O) groups is 4. The average molecular weight is 283 g/mol. The smallest absolute Gasteiger partial charge is 0.307 e. The molecule has 1 saturated heterocycles. The van der Waals surface area contributed by atoms with Gasteiger partial charge in [-0.1, -0.05) is 13.8 Å². The highest BCUT2D eigenvalue weighted by atomic mass is 16.5. The number of rotatable bonds is 4. The van der Waals surface area contributed by atoms with Crippen molar-refractivity contribution in [2.45, 2.75) is 33.3 Å². The molecule has 1 aliphatic carbocycles. The lowest BCUT2D eigenvalue weighted by atomic mass is 10.1. The summed E-state index contributed by atoms with van der Waals surface area (Å²) in [5.74, 6) is -3.34. The van der Waals surface area contributed by atoms with Gasteiger partial charge in [0.15, 0.2) is 6.10 Å². The zero-order chi connectivity index (χ0) is 15.2. The fourth-order valence-electron chi connectivity index (χ4n) is 2.91. The molecule has 7 heteroatoms. The van der Waals surface area contributed by atoms with Crippen LogP contribution in [0, 0.1) is 17.3 Å². The largest absolute Gasteiger partial charge is 0.481 e. The molecule has 110 valence electrons. The van der Waals surface area contributed by atoms with Crippen molar-refractivity contribution >= 4 is 23.8 Å². The molecule has 3 unspecified atom stereocenters. The number of carbonyl (C=O) groups excluding carboxylic acids is 3. The Hall–Kier alpha value is -1.92. The van der Waals surface area contributed by atoms with E-state index in [1.165, 1.54) is 6.92 Å². The average Bonchev–Trinajstić information content (AvgIpc) is 2.74. The molecule has 2 aliphatic rings. The fraction of sp³-hybridized carbons (Fsp3) is 0.692. The van der Waals surface area contributed by atoms with Crippen LogP contribution in [0.4, 0.5) is 0 Å². The lowest BCUT2D eigenvalue weighted by Crippen LogP contribution is -2.35. The number of carboxylic acids is 1. The summed E-state index contributed by atoms with van der Waals surface area (Å²) in [5.41, 5.74) is -0.439. The van der Waals surface area contributed by atoms with Crippen LogP contribution in [0.5, 0.6) is 0 Å². The third-order valence-electron chi connectivity index (χ3n) is 4.21. The first-order valence-electron chi connectivity index (χ1n) is 6.40. The Balaban J connectivity index is 2.04. The van der Waals surface area contributed by atoms with Crippen molar-refractivity contribution in [1.29, 1.82) is 0 Å². The number of hydrogen-bond donors (Lipinski definition) is 1. The molecule has 1 saturated carbocycles. The van der Waals surface area contributed by atoms with Gasteiger partial charge in [-0.25, -0.2) is 0 Å². The van der Waals surface area contributed by atoms with Crippen molar-refractivity contribution in [3.05, 3.63) is 0 Å². The normalized spacial score (nSPS) is 31.4. The van der Waals surface area contributed by atoms with Gasteiger partial charge in [-0.3, -0.25) is 24.1 Å². The molecule has 0 aromatic heterocycles. The van der Waals surface area contributed by atoms with Gasteiger partial charge in [0, 0.05) is 13.5 Å². The quantitative estimate of drug-likeness (QED) is 0.577. The zero-order valence-electron chi connectivity index (χ0n) is 11.6. The number of hydrogen-bond acceptors (Lipinski definition) is 5. The Morgan fingerprint density at radius 3 is 2.45 bits per heavy atom. The second-order valence-corrected chi connectivity index (χ2v) is 5.89. The number of amides is 2. The van der Waals surface area contributed by atoms with Gasteiger partial charge in [0.05, 0.1) is 12.3 Å². The van der Waals surface area contributed by atoms with E-state index in [-0.39, 0.29) is 18.9 Å². The molecule has 0 spiro atoms. The Bertz CT molecular complexity index is 497. The first-order valence-corrected chi connectivity index (χ1v) is 6.40. The second kappa shape index (κ2) is 4.57. The van der Waals surface area contributed by atoms with Crippen molar-refractivity contribution in [3.8, 4) is 0 Å². The van der Waals surface area contributed by atoms with Crippen molar-refractivity contribution in [2.75, 3.05) is 6.54 Å². The van der Waals surface area contributed by atoms with Crippen LogP contribution in [0.25, 0.3) is 0 Å². The van der Waals surface area contributed by atoms with E-state index in [0.29, 0.717) is 0 Å². The predicted molar refractivity (Wildman–Crippen MR) is 65.3 cm³/mol. The number of nitrogens with zero attached hydrogens (tertiary/aromatic N) is 1. The SMILES string of the molecule is CC(=O)OC1CC(=O)N(CC2C(C(=O)O)C2(C)C)C1=O. The number of likely N-dealkylation sites (tertiary alicyclic amines) is 1. The minimum atomic E-state index is -1.06. The topological polar surface area (TPSA) is 101 Å². The summed E-state index contributed by atoms with van der Waals surface area (Å²) < 4.78 is 4.79. The third kappa shape index (κ3) is 2.28. The van der Waals surface area contributed by atoms with E-state index in [1.807, 2.05) is 0 Å². The summed E-state index contributed by atoms with van der Waals surface area (Å²) >= 11 is 0. The molecule has 0 bridgehead atoms. The van der Waals surface area contributed by atoms with Crippen LogP contribution in [0.3, 0.4) is 0 Å². The standard InChI is InChI=1S/C13H17NO6/c1-6(15)20-8-4-9(16)14(11(8)17)5-7-10(12(18)19)13(7,2)3/h7-8,10H,4-5H2,1-3H3,(H,18,19). The van der Waals surface area contributed by atoms with Gasteiger partial charge >= 0.3 is 11.9 Å². The Morgan fingerprint density at radius 2 is 2.00 bits per heavy atom. The predicted octanol–water partition coefficient (Wildman–Crippen LogP) is 0.0338. The molecule has 2 amide bonds. The van der Waals surface area contributed by atoms with E-state index in [0.717, 1.165) is 4.90 Å². The second-order valence-electron chi connectivity index (χ2n) is 5.89. The lowest BCUT2D eigenvalue weighted by Gasteiger charge is -2.15. The van der Waals surface area contributed by atoms with E-state index < -0.39 is 41.2 Å². The first kappa shape index (κ1) is 14.5. The maximum atomic E-state index is 12.0. The molecule has 0 aromatic rings. The number of ether oxygens (including phenoxy) is 1. The summed E-state index contributed by atoms with van der Waals surface area (Å²) in [6.45, 7) is 4.83. The summed E-state index contributed by atoms with van der Waals surface area (Å²) in [6, 6.07) is 0. The van der Waals surface area contributed by atoms with E-state index in [1.54, 1.807) is 13.8 Å². The van der Waals surface area contributed by atoms with Crippen LogP contribution in [0.2, 0.25) is 0 Å². The number of carboxylic acid groups (broad SMARTS) is 1. The Morgan fingerprint density at radius 1 is 1.40 bits per heavy atom. The van der Waals surface area contributed by atoms with Crippen LogP contribution in [-0.4, -0.2) is 46.4 Å². The van der Waals surface area contributed by atoms with E-state index in [9.17, 15) is 19.2 Å². The lowest BCUT2D eigenvalue weighted by molar-refractivity contribution is -0.154. The molecule has 2 fully saturated rings. The van der Waals surface area contributed by atoms with Gasteiger partial charge in [0.25, 0.3) is 5.91 Å². The molecule has 20 heavy (non-hydrogen) atoms. The highest BCUT2D eigenvalue weighted by molar-refractivity contribution is 6.05. The number of imide groups is 1. The van der Waals surface area contributed by atoms with Crippen molar-refractivity contribution in [1.82, 2.24) is 4.90 Å². The zero-order valence-corrected chi connectivity index (χ0v) is 11.6. The molecular weight excluding hydrogens is 266 g/mol. The Labute approximate surface area is 115 Å². The summed E-state index contributed by atoms with van der Waals surface area (Å²) in [4.78, 5) is 46.7. The molecule has 2 rings (SSSR count). The van der Waals surface area contributed by atoms with Crippen molar-refractivity contribution in [2.24, 2.45) is 17.3 Å². The van der Waals surface area contributed by atoms with E-state index in [4.69, 9.17) is 9.84 Å². The van der Waals surface area contributed by atoms with Crippen LogP contribution in [0.1, 0.15) is 27.2 Å². The maximum absolute atomic E-state index is 12.0. The van der Waals surface area contributed by atoms with Crippen LogP contribution in [0.15, 0.2) is 0 Å². The summed E-state index contributed by atoms with van der Waals surface area (Å²) in [6.07, 6.45) is -1.23. The van der Waals surface area contributed by atoms with Gasteiger partial charge in [0.2, 0.25) is 5.91 Å². The van der Waals surface area contributed by atoms with Gasteiger partial charge < -0.3 is 9.84 Å². The molecule has 3 atom stereocenters. The minimum Gasteiger partial charge on any atom is -0.481 e. The van der Waals surface area contributed by atoms with Crippen molar-refractivity contribution in [3.63, 3.8) is 0 Å². The van der Waals surface area contributed by atoms with E-state index in [2.05, 4.69) is 0 Å². The number of aliphatic carboxylic acids is 1. The summed E-state index contributed by atoms with van der Waals surface area (Å²) in [5, 5.41) is 9.08. The fourth-order valence-corrected chi connectivity index (χ4v) is 2.91. The monoisotopic (exact) mass is 283 g/mol. The maximum Gasteiger partial charge on any atom is 0.307 e. The van der Waals surface area contributed by atoms with Crippen LogP contribution >= 0.6 is 0 Å². The Kier molecular flexibility index (Phi) is 3.31. The summed E-state index contributed by atoms with van der Waals surface area (Å²) in [7, 11) is 0.